The molecule has 0 radical (unpaired) electrons. The highest BCUT2D eigenvalue weighted by atomic mass is 35.5. The number of halogens is 2. The van der Waals surface area contributed by atoms with E-state index in [4.69, 9.17) is 28.9 Å². The summed E-state index contributed by atoms with van der Waals surface area (Å²) >= 11 is 12.2. The van der Waals surface area contributed by atoms with Crippen molar-refractivity contribution >= 4 is 35.0 Å². The average molecular weight is 372 g/mol. The zero-order valence-corrected chi connectivity index (χ0v) is 15.7. The molecule has 1 aromatic carbocycles. The molecule has 0 bridgehead atoms. The first-order valence-corrected chi connectivity index (χ1v) is 8.66. The van der Waals surface area contributed by atoms with E-state index in [1.165, 1.54) is 0 Å². The van der Waals surface area contributed by atoms with Gasteiger partial charge in [-0.3, -0.25) is 9.59 Å². The minimum atomic E-state index is -0.558. The van der Waals surface area contributed by atoms with Gasteiger partial charge in [-0.15, -0.1) is 0 Å². The summed E-state index contributed by atoms with van der Waals surface area (Å²) in [7, 11) is 0. The van der Waals surface area contributed by atoms with Crippen LogP contribution in [0.2, 0.25) is 10.0 Å². The second kappa shape index (κ2) is 7.30. The predicted molar refractivity (Wildman–Crippen MR) is 96.4 cm³/mol. The fourth-order valence-electron chi connectivity index (χ4n) is 2.56. The van der Waals surface area contributed by atoms with Gasteiger partial charge in [-0.05, 0) is 17.5 Å². The fourth-order valence-corrected chi connectivity index (χ4v) is 3.12. The monoisotopic (exact) mass is 371 g/mol. The highest BCUT2D eigenvalue weighted by Gasteiger charge is 2.33. The van der Waals surface area contributed by atoms with Crippen molar-refractivity contribution < 1.29 is 9.59 Å². The van der Waals surface area contributed by atoms with E-state index >= 15 is 0 Å². The number of benzene rings is 1. The normalized spacial score (nSPS) is 16.9. The maximum atomic E-state index is 12.6. The lowest BCUT2D eigenvalue weighted by atomic mass is 9.86. The molecule has 7 heteroatoms. The van der Waals surface area contributed by atoms with Crippen molar-refractivity contribution in [1.82, 2.24) is 9.80 Å². The summed E-state index contributed by atoms with van der Waals surface area (Å²) in [6.45, 7) is 7.59. The lowest BCUT2D eigenvalue weighted by molar-refractivity contribution is -0.136. The Bertz CT molecular complexity index is 615. The lowest BCUT2D eigenvalue weighted by Crippen LogP contribution is -2.57. The molecule has 1 fully saturated rings. The Morgan fingerprint density at radius 2 is 1.50 bits per heavy atom. The molecule has 0 spiro atoms. The molecule has 1 aliphatic heterocycles. The quantitative estimate of drug-likeness (QED) is 0.868. The van der Waals surface area contributed by atoms with E-state index in [0.29, 0.717) is 41.8 Å². The van der Waals surface area contributed by atoms with Crippen LogP contribution in [0.3, 0.4) is 0 Å². The van der Waals surface area contributed by atoms with Crippen LogP contribution >= 0.6 is 23.2 Å². The number of hydrogen-bond donors (Lipinski definition) is 1. The smallest absolute Gasteiger partial charge is 0.257 e. The Kier molecular flexibility index (Phi) is 5.78. The number of carbonyl (C=O) groups is 2. The second-order valence-electron chi connectivity index (χ2n) is 7.06. The summed E-state index contributed by atoms with van der Waals surface area (Å²) in [5, 5.41) is 0.668. The van der Waals surface area contributed by atoms with Crippen molar-refractivity contribution in [1.29, 1.82) is 0 Å². The molecule has 0 aromatic heterocycles. The minimum Gasteiger partial charge on any atom is -0.338 e. The molecular formula is C17H23Cl2N3O2. The minimum absolute atomic E-state index is 0.0784. The highest BCUT2D eigenvalue weighted by molar-refractivity contribution is 6.39. The van der Waals surface area contributed by atoms with Crippen LogP contribution in [0.5, 0.6) is 0 Å². The molecule has 24 heavy (non-hydrogen) atoms. The first kappa shape index (κ1) is 19.0. The van der Waals surface area contributed by atoms with Crippen molar-refractivity contribution in [2.45, 2.75) is 26.8 Å². The number of piperazine rings is 1. The van der Waals surface area contributed by atoms with Crippen LogP contribution in [0, 0.1) is 5.41 Å². The van der Waals surface area contributed by atoms with Gasteiger partial charge in [0, 0.05) is 26.2 Å². The zero-order valence-electron chi connectivity index (χ0n) is 14.2. The molecule has 2 rings (SSSR count). The van der Waals surface area contributed by atoms with Crippen molar-refractivity contribution in [2.24, 2.45) is 11.1 Å². The van der Waals surface area contributed by atoms with Crippen molar-refractivity contribution in [2.75, 3.05) is 26.2 Å². The van der Waals surface area contributed by atoms with Crippen molar-refractivity contribution in [3.8, 4) is 0 Å². The first-order chi connectivity index (χ1) is 11.1. The number of nitrogens with zero attached hydrogens (tertiary/aromatic N) is 2. The molecular weight excluding hydrogens is 349 g/mol. The largest absolute Gasteiger partial charge is 0.338 e. The van der Waals surface area contributed by atoms with E-state index in [1.807, 2.05) is 20.8 Å². The van der Waals surface area contributed by atoms with E-state index in [2.05, 4.69) is 0 Å². The lowest BCUT2D eigenvalue weighted by Gasteiger charge is -2.38. The van der Waals surface area contributed by atoms with Crippen LogP contribution in [0.15, 0.2) is 18.2 Å². The van der Waals surface area contributed by atoms with Crippen LogP contribution in [0.1, 0.15) is 31.1 Å². The number of hydrogen-bond acceptors (Lipinski definition) is 3. The van der Waals surface area contributed by atoms with E-state index in [0.717, 1.165) is 0 Å². The maximum absolute atomic E-state index is 12.6. The molecule has 1 aromatic rings. The van der Waals surface area contributed by atoms with Gasteiger partial charge in [-0.2, -0.15) is 0 Å². The molecule has 1 saturated heterocycles. The molecule has 0 aliphatic carbocycles. The fraction of sp³-hybridized carbons (Fsp3) is 0.529. The van der Waals surface area contributed by atoms with Gasteiger partial charge in [0.05, 0.1) is 21.7 Å². The van der Waals surface area contributed by atoms with E-state index in [-0.39, 0.29) is 17.2 Å². The molecule has 1 aliphatic rings. The number of amides is 2. The molecule has 1 atom stereocenters. The Labute approximate surface area is 152 Å². The van der Waals surface area contributed by atoms with Crippen molar-refractivity contribution in [3.63, 3.8) is 0 Å². The first-order valence-electron chi connectivity index (χ1n) is 7.90. The third-order valence-electron chi connectivity index (χ3n) is 4.25. The van der Waals surface area contributed by atoms with Gasteiger partial charge in [0.1, 0.15) is 0 Å². The van der Waals surface area contributed by atoms with Gasteiger partial charge in [0.15, 0.2) is 0 Å². The molecule has 1 heterocycles. The van der Waals surface area contributed by atoms with E-state index in [9.17, 15) is 9.59 Å². The number of nitrogens with two attached hydrogens (primary N) is 1. The van der Waals surface area contributed by atoms with Crippen molar-refractivity contribution in [3.05, 3.63) is 33.8 Å². The second-order valence-corrected chi connectivity index (χ2v) is 7.87. The molecule has 0 unspecified atom stereocenters. The summed E-state index contributed by atoms with van der Waals surface area (Å²) in [4.78, 5) is 28.5. The topological polar surface area (TPSA) is 66.6 Å². The standard InChI is InChI=1S/C17H23Cl2N3O2/c1-17(2,3)14(20)16(24)22-9-7-21(8-10-22)15(23)13-11(18)5-4-6-12(13)19/h4-6,14H,7-10,20H2,1-3H3/t14-/m1/s1. The molecule has 5 nitrogen and oxygen atoms in total. The van der Waals surface area contributed by atoms with Gasteiger partial charge in [0.2, 0.25) is 5.91 Å². The third kappa shape index (κ3) is 4.02. The Morgan fingerprint density at radius 1 is 1.04 bits per heavy atom. The zero-order chi connectivity index (χ0) is 18.1. The summed E-state index contributed by atoms with van der Waals surface area (Å²) in [6.07, 6.45) is 0. The summed E-state index contributed by atoms with van der Waals surface area (Å²) in [5.74, 6) is -0.289. The summed E-state index contributed by atoms with van der Waals surface area (Å²) in [5.41, 5.74) is 6.06. The maximum Gasteiger partial charge on any atom is 0.257 e. The SMILES string of the molecule is CC(C)(C)[C@H](N)C(=O)N1CCN(C(=O)c2c(Cl)cccc2Cl)CC1. The van der Waals surface area contributed by atoms with Crippen LogP contribution in [0.25, 0.3) is 0 Å². The van der Waals surface area contributed by atoms with E-state index < -0.39 is 6.04 Å². The predicted octanol–water partition coefficient (Wildman–Crippen LogP) is 2.65. The number of rotatable bonds is 2. The number of carbonyl (C=O) groups excluding carboxylic acids is 2. The van der Waals surface area contributed by atoms with Crippen LogP contribution < -0.4 is 5.73 Å². The van der Waals surface area contributed by atoms with Crippen LogP contribution in [-0.2, 0) is 4.79 Å². The van der Waals surface area contributed by atoms with Gasteiger partial charge >= 0.3 is 0 Å². The highest BCUT2D eigenvalue weighted by Crippen LogP contribution is 2.26. The van der Waals surface area contributed by atoms with Gasteiger partial charge < -0.3 is 15.5 Å². The average Bonchev–Trinajstić information content (AvgIpc) is 2.52. The summed E-state index contributed by atoms with van der Waals surface area (Å²) < 4.78 is 0. The molecule has 132 valence electrons. The van der Waals surface area contributed by atoms with E-state index in [1.54, 1.807) is 28.0 Å². The van der Waals surface area contributed by atoms with Gasteiger partial charge in [0.25, 0.3) is 5.91 Å². The summed E-state index contributed by atoms with van der Waals surface area (Å²) in [6, 6.07) is 4.43. The Hall–Kier alpha value is -1.30. The Morgan fingerprint density at radius 3 is 1.96 bits per heavy atom. The van der Waals surface area contributed by atoms with Gasteiger partial charge in [-0.25, -0.2) is 0 Å². The van der Waals surface area contributed by atoms with Crippen LogP contribution in [-0.4, -0.2) is 53.8 Å². The van der Waals surface area contributed by atoms with Crippen LogP contribution in [0.4, 0.5) is 0 Å². The molecule has 2 N–H and O–H groups in total. The molecule has 2 amide bonds. The third-order valence-corrected chi connectivity index (χ3v) is 4.88. The Balaban J connectivity index is 2.03. The molecule has 0 saturated carbocycles. The van der Waals surface area contributed by atoms with Gasteiger partial charge in [-0.1, -0.05) is 50.0 Å².